The third-order valence-corrected chi connectivity index (χ3v) is 5.11. The third-order valence-electron chi connectivity index (χ3n) is 4.28. The van der Waals surface area contributed by atoms with Gasteiger partial charge in [0.05, 0.1) is 0 Å². The first-order valence-electron chi connectivity index (χ1n) is 8.40. The standard InChI is InChI=1S/C17H19N7OS/c25-16(22-6-8-23(9-7-22)17-19-4-10-26-17)21-12-14-1-2-15(20-11-14)24-5-3-18-13-24/h1-5,10-11,13H,6-9,12H2,(H,21,25). The Morgan fingerprint density at radius 1 is 1.15 bits per heavy atom. The van der Waals surface area contributed by atoms with Crippen LogP contribution in [-0.4, -0.2) is 56.6 Å². The largest absolute Gasteiger partial charge is 0.345 e. The highest BCUT2D eigenvalue weighted by Crippen LogP contribution is 2.18. The molecule has 1 saturated heterocycles. The second kappa shape index (κ2) is 7.52. The summed E-state index contributed by atoms with van der Waals surface area (Å²) in [6.45, 7) is 3.47. The van der Waals surface area contributed by atoms with Crippen LogP contribution >= 0.6 is 11.3 Å². The lowest BCUT2D eigenvalue weighted by molar-refractivity contribution is 0.194. The molecule has 26 heavy (non-hydrogen) atoms. The zero-order valence-electron chi connectivity index (χ0n) is 14.2. The molecule has 8 nitrogen and oxygen atoms in total. The topological polar surface area (TPSA) is 79.2 Å². The van der Waals surface area contributed by atoms with E-state index >= 15 is 0 Å². The smallest absolute Gasteiger partial charge is 0.317 e. The molecule has 9 heteroatoms. The summed E-state index contributed by atoms with van der Waals surface area (Å²) in [6, 6.07) is 3.83. The number of nitrogens with zero attached hydrogens (tertiary/aromatic N) is 6. The van der Waals surface area contributed by atoms with E-state index in [1.54, 1.807) is 30.1 Å². The second-order valence-electron chi connectivity index (χ2n) is 5.94. The Labute approximate surface area is 155 Å². The molecule has 0 aliphatic carbocycles. The van der Waals surface area contributed by atoms with Gasteiger partial charge in [0.2, 0.25) is 0 Å². The Bertz CT molecular complexity index is 825. The lowest BCUT2D eigenvalue weighted by Crippen LogP contribution is -2.51. The average molecular weight is 369 g/mol. The molecule has 134 valence electrons. The van der Waals surface area contributed by atoms with E-state index in [1.807, 2.05) is 39.4 Å². The number of carbonyl (C=O) groups is 1. The van der Waals surface area contributed by atoms with Crippen LogP contribution in [0.1, 0.15) is 5.56 Å². The number of nitrogens with one attached hydrogen (secondary N) is 1. The molecular formula is C17H19N7OS. The molecule has 3 aromatic heterocycles. The van der Waals surface area contributed by atoms with Crippen molar-refractivity contribution in [3.05, 3.63) is 54.2 Å². The number of amides is 2. The summed E-state index contributed by atoms with van der Waals surface area (Å²) in [4.78, 5) is 29.2. The SMILES string of the molecule is O=C(NCc1ccc(-n2ccnc2)nc1)N1CCN(c2nccs2)CC1. The predicted molar refractivity (Wildman–Crippen MR) is 99.5 cm³/mol. The summed E-state index contributed by atoms with van der Waals surface area (Å²) >= 11 is 1.63. The molecule has 0 atom stereocenters. The van der Waals surface area contributed by atoms with Crippen LogP contribution in [0, 0.1) is 0 Å². The van der Waals surface area contributed by atoms with Gasteiger partial charge < -0.3 is 15.1 Å². The van der Waals surface area contributed by atoms with Crippen molar-refractivity contribution in [3.8, 4) is 5.82 Å². The Kier molecular flexibility index (Phi) is 4.78. The van der Waals surface area contributed by atoms with Crippen molar-refractivity contribution in [1.82, 2.24) is 29.7 Å². The second-order valence-corrected chi connectivity index (χ2v) is 6.82. The van der Waals surface area contributed by atoms with E-state index in [0.29, 0.717) is 19.6 Å². The highest BCUT2D eigenvalue weighted by molar-refractivity contribution is 7.13. The molecule has 2 amide bonds. The van der Waals surface area contributed by atoms with Gasteiger partial charge in [-0.1, -0.05) is 6.07 Å². The quantitative estimate of drug-likeness (QED) is 0.758. The first kappa shape index (κ1) is 16.5. The summed E-state index contributed by atoms with van der Waals surface area (Å²) in [6.07, 6.45) is 8.84. The number of pyridine rings is 1. The van der Waals surface area contributed by atoms with Crippen LogP contribution in [-0.2, 0) is 6.54 Å². The van der Waals surface area contributed by atoms with Gasteiger partial charge in [0.1, 0.15) is 12.1 Å². The molecular weight excluding hydrogens is 350 g/mol. The highest BCUT2D eigenvalue weighted by atomic mass is 32.1. The Morgan fingerprint density at radius 2 is 2.04 bits per heavy atom. The number of hydrogen-bond donors (Lipinski definition) is 1. The van der Waals surface area contributed by atoms with Crippen LogP contribution < -0.4 is 10.2 Å². The highest BCUT2D eigenvalue weighted by Gasteiger charge is 2.22. The fourth-order valence-electron chi connectivity index (χ4n) is 2.83. The lowest BCUT2D eigenvalue weighted by Gasteiger charge is -2.34. The minimum Gasteiger partial charge on any atom is -0.345 e. The van der Waals surface area contributed by atoms with Crippen LogP contribution in [0.25, 0.3) is 5.82 Å². The van der Waals surface area contributed by atoms with Crippen LogP contribution in [0.15, 0.2) is 48.6 Å². The summed E-state index contributed by atoms with van der Waals surface area (Å²) in [7, 11) is 0. The molecule has 0 radical (unpaired) electrons. The van der Waals surface area contributed by atoms with Gasteiger partial charge >= 0.3 is 6.03 Å². The van der Waals surface area contributed by atoms with E-state index in [2.05, 4.69) is 25.2 Å². The fraction of sp³-hybridized carbons (Fsp3) is 0.294. The number of anilines is 1. The molecule has 0 bridgehead atoms. The lowest BCUT2D eigenvalue weighted by atomic mass is 10.3. The molecule has 0 aromatic carbocycles. The molecule has 1 N–H and O–H groups in total. The summed E-state index contributed by atoms with van der Waals surface area (Å²) < 4.78 is 1.84. The molecule has 0 saturated carbocycles. The van der Waals surface area contributed by atoms with Gasteiger partial charge in [-0.15, -0.1) is 11.3 Å². The van der Waals surface area contributed by atoms with Crippen LogP contribution in [0.5, 0.6) is 0 Å². The number of carbonyl (C=O) groups excluding carboxylic acids is 1. The molecule has 1 aliphatic heterocycles. The van der Waals surface area contributed by atoms with Crippen molar-refractivity contribution in [2.45, 2.75) is 6.54 Å². The average Bonchev–Trinajstić information content (AvgIpc) is 3.40. The number of aromatic nitrogens is 4. The van der Waals surface area contributed by atoms with Gasteiger partial charge in [0, 0.05) is 62.9 Å². The van der Waals surface area contributed by atoms with Crippen molar-refractivity contribution < 1.29 is 4.79 Å². The Hall–Kier alpha value is -2.94. The zero-order chi connectivity index (χ0) is 17.8. The van der Waals surface area contributed by atoms with E-state index in [-0.39, 0.29) is 6.03 Å². The van der Waals surface area contributed by atoms with Crippen molar-refractivity contribution in [3.63, 3.8) is 0 Å². The zero-order valence-corrected chi connectivity index (χ0v) is 15.0. The van der Waals surface area contributed by atoms with Crippen molar-refractivity contribution in [1.29, 1.82) is 0 Å². The fourth-order valence-corrected chi connectivity index (χ4v) is 3.53. The number of hydrogen-bond acceptors (Lipinski definition) is 6. The first-order chi connectivity index (χ1) is 12.8. The van der Waals surface area contributed by atoms with E-state index in [4.69, 9.17) is 0 Å². The molecule has 1 fully saturated rings. The maximum atomic E-state index is 12.4. The summed E-state index contributed by atoms with van der Waals surface area (Å²) in [5, 5.41) is 5.96. The van der Waals surface area contributed by atoms with Crippen molar-refractivity contribution in [2.24, 2.45) is 0 Å². The summed E-state index contributed by atoms with van der Waals surface area (Å²) in [5.74, 6) is 0.802. The maximum absolute atomic E-state index is 12.4. The summed E-state index contributed by atoms with van der Waals surface area (Å²) in [5.41, 5.74) is 0.962. The minimum absolute atomic E-state index is 0.0394. The van der Waals surface area contributed by atoms with Gasteiger partial charge in [0.15, 0.2) is 5.13 Å². The Morgan fingerprint density at radius 3 is 2.69 bits per heavy atom. The van der Waals surface area contributed by atoms with Gasteiger partial charge in [-0.3, -0.25) is 4.57 Å². The monoisotopic (exact) mass is 369 g/mol. The number of imidazole rings is 1. The molecule has 0 unspecified atom stereocenters. The van der Waals surface area contributed by atoms with Gasteiger partial charge in [-0.05, 0) is 11.6 Å². The number of thiazole rings is 1. The van der Waals surface area contributed by atoms with Gasteiger partial charge in [-0.2, -0.15) is 0 Å². The van der Waals surface area contributed by atoms with E-state index in [0.717, 1.165) is 29.6 Å². The van der Waals surface area contributed by atoms with E-state index < -0.39 is 0 Å². The van der Waals surface area contributed by atoms with Crippen LogP contribution in [0.2, 0.25) is 0 Å². The molecule has 4 rings (SSSR count). The first-order valence-corrected chi connectivity index (χ1v) is 9.28. The van der Waals surface area contributed by atoms with Crippen molar-refractivity contribution >= 4 is 22.5 Å². The predicted octanol–water partition coefficient (Wildman–Crippen LogP) is 1.76. The Balaban J connectivity index is 1.26. The normalized spacial score (nSPS) is 14.5. The number of rotatable bonds is 4. The van der Waals surface area contributed by atoms with Crippen molar-refractivity contribution in [2.75, 3.05) is 31.1 Å². The molecule has 0 spiro atoms. The van der Waals surface area contributed by atoms with E-state index in [9.17, 15) is 4.79 Å². The molecule has 1 aliphatic rings. The third kappa shape index (κ3) is 3.67. The van der Waals surface area contributed by atoms with Gasteiger partial charge in [-0.25, -0.2) is 19.7 Å². The van der Waals surface area contributed by atoms with E-state index in [1.165, 1.54) is 0 Å². The molecule has 3 aromatic rings. The maximum Gasteiger partial charge on any atom is 0.317 e. The van der Waals surface area contributed by atoms with Crippen LogP contribution in [0.3, 0.4) is 0 Å². The minimum atomic E-state index is -0.0394. The van der Waals surface area contributed by atoms with Crippen LogP contribution in [0.4, 0.5) is 9.93 Å². The number of piperazine rings is 1. The van der Waals surface area contributed by atoms with Gasteiger partial charge in [0.25, 0.3) is 0 Å². The number of urea groups is 1. The molecule has 4 heterocycles.